The van der Waals surface area contributed by atoms with Crippen LogP contribution in [0, 0.1) is 15.9 Å². The third-order valence-corrected chi connectivity index (χ3v) is 2.11. The number of nitrogens with zero attached hydrogens (tertiary/aromatic N) is 2. The average Bonchev–Trinajstić information content (AvgIpc) is 2.20. The maximum Gasteiger partial charge on any atom is 0.295 e. The molecule has 0 fully saturated rings. The van der Waals surface area contributed by atoms with E-state index in [1.165, 1.54) is 13.1 Å². The first kappa shape index (κ1) is 12.3. The fourth-order valence-corrected chi connectivity index (χ4v) is 1.07. The number of hydrogen-bond donors (Lipinski definition) is 2. The Bertz CT molecular complexity index is 438. The second-order valence-corrected chi connectivity index (χ2v) is 3.35. The van der Waals surface area contributed by atoms with Gasteiger partial charge in [-0.3, -0.25) is 15.1 Å². The summed E-state index contributed by atoms with van der Waals surface area (Å²) in [6.45, 7) is 0. The molecule has 86 valence electrons. The first-order valence-corrected chi connectivity index (χ1v) is 4.56. The van der Waals surface area contributed by atoms with E-state index in [0.717, 1.165) is 17.1 Å². The van der Waals surface area contributed by atoms with Crippen molar-refractivity contribution in [1.82, 2.24) is 5.01 Å². The van der Waals surface area contributed by atoms with E-state index in [1.54, 1.807) is 0 Å². The molecule has 0 saturated heterocycles. The Balaban J connectivity index is 3.04. The number of halogens is 1. The number of anilines is 1. The van der Waals surface area contributed by atoms with E-state index in [0.29, 0.717) is 0 Å². The Labute approximate surface area is 96.0 Å². The van der Waals surface area contributed by atoms with Crippen molar-refractivity contribution >= 4 is 28.7 Å². The van der Waals surface area contributed by atoms with Crippen molar-refractivity contribution in [3.63, 3.8) is 0 Å². The molecule has 0 radical (unpaired) electrons. The van der Waals surface area contributed by atoms with Crippen LogP contribution in [-0.4, -0.2) is 22.1 Å². The number of nitrogens with one attached hydrogen (secondary N) is 1. The van der Waals surface area contributed by atoms with Gasteiger partial charge in [0, 0.05) is 7.05 Å². The fraction of sp³-hybridized carbons (Fsp3) is 0.125. The molecule has 0 atom stereocenters. The first-order valence-electron chi connectivity index (χ1n) is 4.15. The Kier molecular flexibility index (Phi) is 3.69. The molecule has 6 nitrogen and oxygen atoms in total. The molecule has 0 aromatic heterocycles. The molecule has 0 heterocycles. The molecule has 0 saturated carbocycles. The predicted octanol–water partition coefficient (Wildman–Crippen LogP) is 1.24. The third-order valence-electron chi connectivity index (χ3n) is 1.72. The van der Waals surface area contributed by atoms with Crippen molar-refractivity contribution in [1.29, 1.82) is 0 Å². The Morgan fingerprint density at radius 2 is 2.31 bits per heavy atom. The van der Waals surface area contributed by atoms with Crippen LogP contribution < -0.4 is 11.2 Å². The monoisotopic (exact) mass is 244 g/mol. The number of thiocarbonyl (C=S) groups is 1. The van der Waals surface area contributed by atoms with Gasteiger partial charge in [0.2, 0.25) is 0 Å². The zero-order chi connectivity index (χ0) is 12.3. The summed E-state index contributed by atoms with van der Waals surface area (Å²) < 4.78 is 12.8. The number of nitro groups is 1. The Morgan fingerprint density at radius 3 is 2.81 bits per heavy atom. The maximum atomic E-state index is 12.8. The number of nitrogens with two attached hydrogens (primary N) is 1. The highest BCUT2D eigenvalue weighted by Crippen LogP contribution is 2.24. The van der Waals surface area contributed by atoms with Crippen LogP contribution in [0.3, 0.4) is 0 Å². The summed E-state index contributed by atoms with van der Waals surface area (Å²) in [5, 5.41) is 14.4. The van der Waals surface area contributed by atoms with Crippen LogP contribution in [-0.2, 0) is 0 Å². The molecular weight excluding hydrogens is 235 g/mol. The van der Waals surface area contributed by atoms with Crippen molar-refractivity contribution < 1.29 is 9.31 Å². The molecule has 0 amide bonds. The zero-order valence-corrected chi connectivity index (χ0v) is 9.12. The number of rotatable bonds is 2. The predicted molar refractivity (Wildman–Crippen MR) is 61.2 cm³/mol. The quantitative estimate of drug-likeness (QED) is 0.352. The lowest BCUT2D eigenvalue weighted by Crippen LogP contribution is -2.36. The van der Waals surface area contributed by atoms with Crippen LogP contribution in [0.1, 0.15) is 0 Å². The zero-order valence-electron chi connectivity index (χ0n) is 8.31. The smallest absolute Gasteiger partial charge is 0.295 e. The van der Waals surface area contributed by atoms with Gasteiger partial charge in [0.15, 0.2) is 5.11 Å². The van der Waals surface area contributed by atoms with E-state index in [-0.39, 0.29) is 10.8 Å². The van der Waals surface area contributed by atoms with Gasteiger partial charge < -0.3 is 5.32 Å². The summed E-state index contributed by atoms with van der Waals surface area (Å²) in [6, 6.07) is 3.12. The minimum Gasteiger partial charge on any atom is -0.326 e. The third kappa shape index (κ3) is 2.84. The summed E-state index contributed by atoms with van der Waals surface area (Å²) in [4.78, 5) is 9.93. The first-order chi connectivity index (χ1) is 7.41. The lowest BCUT2D eigenvalue weighted by Gasteiger charge is -2.14. The molecule has 1 aromatic carbocycles. The van der Waals surface area contributed by atoms with Crippen LogP contribution >= 0.6 is 12.2 Å². The molecule has 0 aliphatic carbocycles. The van der Waals surface area contributed by atoms with Gasteiger partial charge in [-0.1, -0.05) is 0 Å². The van der Waals surface area contributed by atoms with E-state index >= 15 is 0 Å². The fourth-order valence-electron chi connectivity index (χ4n) is 0.965. The van der Waals surface area contributed by atoms with Gasteiger partial charge in [-0.15, -0.1) is 0 Å². The van der Waals surface area contributed by atoms with E-state index in [1.807, 2.05) is 0 Å². The number of hydrogen-bond acceptors (Lipinski definition) is 4. The normalized spacial score (nSPS) is 9.69. The van der Waals surface area contributed by atoms with Gasteiger partial charge in [-0.05, 0) is 24.4 Å². The largest absolute Gasteiger partial charge is 0.326 e. The second-order valence-electron chi connectivity index (χ2n) is 2.96. The summed E-state index contributed by atoms with van der Waals surface area (Å²) >= 11 is 4.81. The lowest BCUT2D eigenvalue weighted by atomic mass is 10.2. The van der Waals surface area contributed by atoms with Crippen molar-refractivity contribution in [2.45, 2.75) is 0 Å². The van der Waals surface area contributed by atoms with Gasteiger partial charge in [-0.25, -0.2) is 10.2 Å². The molecule has 1 rings (SSSR count). The number of nitro benzene ring substituents is 1. The highest BCUT2D eigenvalue weighted by Gasteiger charge is 2.16. The van der Waals surface area contributed by atoms with Crippen LogP contribution in [0.4, 0.5) is 15.8 Å². The molecule has 0 aliphatic heterocycles. The average molecular weight is 244 g/mol. The topological polar surface area (TPSA) is 84.4 Å². The highest BCUT2D eigenvalue weighted by atomic mass is 32.1. The minimum atomic E-state index is -0.704. The van der Waals surface area contributed by atoms with Gasteiger partial charge in [0.05, 0.1) is 11.0 Å². The van der Waals surface area contributed by atoms with Crippen LogP contribution in [0.2, 0.25) is 0 Å². The molecule has 0 unspecified atom stereocenters. The van der Waals surface area contributed by atoms with E-state index in [4.69, 9.17) is 18.1 Å². The minimum absolute atomic E-state index is 0.0914. The number of hydrazine groups is 1. The van der Waals surface area contributed by atoms with Crippen molar-refractivity contribution in [3.8, 4) is 0 Å². The van der Waals surface area contributed by atoms with Crippen molar-refractivity contribution in [3.05, 3.63) is 34.1 Å². The van der Waals surface area contributed by atoms with Crippen LogP contribution in [0.25, 0.3) is 0 Å². The molecule has 0 aliphatic rings. The lowest BCUT2D eigenvalue weighted by molar-refractivity contribution is -0.384. The SMILES string of the molecule is CN(N)C(=S)Nc1ccc(F)cc1[N+](=O)[O-]. The van der Waals surface area contributed by atoms with Crippen molar-refractivity contribution in [2.75, 3.05) is 12.4 Å². The van der Waals surface area contributed by atoms with E-state index < -0.39 is 16.4 Å². The van der Waals surface area contributed by atoms with Crippen LogP contribution in [0.15, 0.2) is 18.2 Å². The van der Waals surface area contributed by atoms with Gasteiger partial charge >= 0.3 is 0 Å². The molecule has 8 heteroatoms. The van der Waals surface area contributed by atoms with Crippen molar-refractivity contribution in [2.24, 2.45) is 5.84 Å². The number of benzene rings is 1. The summed E-state index contributed by atoms with van der Waals surface area (Å²) in [5.41, 5.74) is -0.307. The molecule has 0 spiro atoms. The Hall–Kier alpha value is -1.80. The summed E-state index contributed by atoms with van der Waals surface area (Å²) in [7, 11) is 1.48. The van der Waals surface area contributed by atoms with Gasteiger partial charge in [-0.2, -0.15) is 0 Å². The Morgan fingerprint density at radius 1 is 1.69 bits per heavy atom. The highest BCUT2D eigenvalue weighted by molar-refractivity contribution is 7.80. The molecule has 3 N–H and O–H groups in total. The second kappa shape index (κ2) is 4.81. The standard InChI is InChI=1S/C8H9FN4O2S/c1-12(10)8(16)11-6-3-2-5(9)4-7(6)13(14)15/h2-4H,10H2,1H3,(H,11,16). The van der Waals surface area contributed by atoms with E-state index in [9.17, 15) is 14.5 Å². The van der Waals surface area contributed by atoms with Gasteiger partial charge in [0.1, 0.15) is 11.5 Å². The summed E-state index contributed by atoms with van der Waals surface area (Å²) in [5.74, 6) is 4.64. The molecule has 0 bridgehead atoms. The molecule has 16 heavy (non-hydrogen) atoms. The van der Waals surface area contributed by atoms with Crippen LogP contribution in [0.5, 0.6) is 0 Å². The molecule has 1 aromatic rings. The van der Waals surface area contributed by atoms with Gasteiger partial charge in [0.25, 0.3) is 5.69 Å². The summed E-state index contributed by atoms with van der Waals surface area (Å²) in [6.07, 6.45) is 0. The maximum absolute atomic E-state index is 12.8. The van der Waals surface area contributed by atoms with E-state index in [2.05, 4.69) is 5.32 Å². The molecular formula is C8H9FN4O2S.